The summed E-state index contributed by atoms with van der Waals surface area (Å²) in [7, 11) is 0. The SMILES string of the molecule is Cc1nc(CN2CCN(C(=O)C3(F)CCC3)Cc3cccnc32)cs1. The van der Waals surface area contributed by atoms with Crippen LogP contribution in [-0.4, -0.2) is 39.5 Å². The van der Waals surface area contributed by atoms with Crippen molar-refractivity contribution in [1.82, 2.24) is 14.9 Å². The van der Waals surface area contributed by atoms with Gasteiger partial charge in [0.25, 0.3) is 5.91 Å². The van der Waals surface area contributed by atoms with Crippen molar-refractivity contribution in [3.05, 3.63) is 40.0 Å². The van der Waals surface area contributed by atoms with Crippen LogP contribution < -0.4 is 4.90 Å². The fourth-order valence-corrected chi connectivity index (χ4v) is 4.06. The van der Waals surface area contributed by atoms with Gasteiger partial charge >= 0.3 is 0 Å². The van der Waals surface area contributed by atoms with Gasteiger partial charge in [-0.3, -0.25) is 4.79 Å². The summed E-state index contributed by atoms with van der Waals surface area (Å²) in [5.74, 6) is 0.505. The van der Waals surface area contributed by atoms with Gasteiger partial charge in [-0.05, 0) is 32.3 Å². The smallest absolute Gasteiger partial charge is 0.260 e. The number of hydrogen-bond acceptors (Lipinski definition) is 5. The molecule has 1 aliphatic heterocycles. The Morgan fingerprint density at radius 1 is 1.40 bits per heavy atom. The molecule has 0 unspecified atom stereocenters. The van der Waals surface area contributed by atoms with Gasteiger partial charge in [0.05, 0.1) is 17.2 Å². The van der Waals surface area contributed by atoms with Gasteiger partial charge < -0.3 is 9.80 Å². The second-order valence-corrected chi connectivity index (χ2v) is 7.87. The van der Waals surface area contributed by atoms with E-state index in [0.29, 0.717) is 39.0 Å². The fourth-order valence-electron chi connectivity index (χ4n) is 3.46. The van der Waals surface area contributed by atoms with Crippen molar-refractivity contribution in [3.8, 4) is 0 Å². The summed E-state index contributed by atoms with van der Waals surface area (Å²) in [4.78, 5) is 25.5. The molecule has 0 spiro atoms. The Kier molecular flexibility index (Phi) is 4.19. The summed E-state index contributed by atoms with van der Waals surface area (Å²) in [5.41, 5.74) is 0.312. The number of carbonyl (C=O) groups is 1. The van der Waals surface area contributed by atoms with Crippen molar-refractivity contribution in [2.45, 2.75) is 44.9 Å². The quantitative estimate of drug-likeness (QED) is 0.844. The van der Waals surface area contributed by atoms with E-state index in [1.54, 1.807) is 22.4 Å². The van der Waals surface area contributed by atoms with Crippen LogP contribution in [0.3, 0.4) is 0 Å². The minimum Gasteiger partial charge on any atom is -0.349 e. The first-order valence-corrected chi connectivity index (χ1v) is 9.51. The van der Waals surface area contributed by atoms with Gasteiger partial charge in [0.15, 0.2) is 5.67 Å². The van der Waals surface area contributed by atoms with E-state index in [4.69, 9.17) is 0 Å². The van der Waals surface area contributed by atoms with E-state index in [9.17, 15) is 9.18 Å². The molecule has 0 N–H and O–H groups in total. The molecule has 0 saturated heterocycles. The topological polar surface area (TPSA) is 49.3 Å². The summed E-state index contributed by atoms with van der Waals surface area (Å²) in [6, 6.07) is 3.84. The molecule has 1 aliphatic carbocycles. The first-order valence-electron chi connectivity index (χ1n) is 8.63. The Morgan fingerprint density at radius 3 is 2.92 bits per heavy atom. The lowest BCUT2D eigenvalue weighted by Crippen LogP contribution is -2.50. The summed E-state index contributed by atoms with van der Waals surface area (Å²) in [6.45, 7) is 4.19. The lowest BCUT2D eigenvalue weighted by Gasteiger charge is -2.36. The molecular formula is C18H21FN4OS. The average Bonchev–Trinajstić information content (AvgIpc) is 2.90. The third-order valence-electron chi connectivity index (χ3n) is 5.00. The molecule has 132 valence electrons. The van der Waals surface area contributed by atoms with Crippen molar-refractivity contribution in [2.75, 3.05) is 18.0 Å². The highest BCUT2D eigenvalue weighted by Crippen LogP contribution is 2.38. The van der Waals surface area contributed by atoms with Crippen molar-refractivity contribution in [1.29, 1.82) is 0 Å². The lowest BCUT2D eigenvalue weighted by molar-refractivity contribution is -0.150. The largest absolute Gasteiger partial charge is 0.349 e. The molecular weight excluding hydrogens is 339 g/mol. The monoisotopic (exact) mass is 360 g/mol. The molecule has 0 atom stereocenters. The van der Waals surface area contributed by atoms with Crippen LogP contribution in [0.1, 0.15) is 35.5 Å². The van der Waals surface area contributed by atoms with E-state index in [-0.39, 0.29) is 5.91 Å². The maximum Gasteiger partial charge on any atom is 0.260 e. The number of carbonyl (C=O) groups excluding carboxylic acids is 1. The van der Waals surface area contributed by atoms with Crippen LogP contribution in [0.2, 0.25) is 0 Å². The van der Waals surface area contributed by atoms with E-state index >= 15 is 0 Å². The van der Waals surface area contributed by atoms with Gasteiger partial charge in [-0.2, -0.15) is 0 Å². The molecule has 0 bridgehead atoms. The summed E-state index contributed by atoms with van der Waals surface area (Å²) < 4.78 is 14.6. The molecule has 2 aliphatic rings. The van der Waals surface area contributed by atoms with Gasteiger partial charge in [-0.25, -0.2) is 14.4 Å². The number of aryl methyl sites for hydroxylation is 1. The number of halogens is 1. The number of alkyl halides is 1. The maximum atomic E-state index is 14.6. The van der Waals surface area contributed by atoms with Crippen molar-refractivity contribution >= 4 is 23.1 Å². The van der Waals surface area contributed by atoms with Crippen LogP contribution in [0.25, 0.3) is 0 Å². The number of anilines is 1. The zero-order valence-corrected chi connectivity index (χ0v) is 15.1. The summed E-state index contributed by atoms with van der Waals surface area (Å²) >= 11 is 1.63. The van der Waals surface area contributed by atoms with E-state index in [1.807, 2.05) is 19.1 Å². The Balaban J connectivity index is 1.58. The van der Waals surface area contributed by atoms with Crippen LogP contribution in [-0.2, 0) is 17.9 Å². The predicted octanol–water partition coefficient (Wildman–Crippen LogP) is 3.09. The van der Waals surface area contributed by atoms with Crippen molar-refractivity contribution in [2.24, 2.45) is 0 Å². The maximum absolute atomic E-state index is 14.6. The third-order valence-corrected chi connectivity index (χ3v) is 5.83. The molecule has 25 heavy (non-hydrogen) atoms. The number of rotatable bonds is 3. The molecule has 0 aromatic carbocycles. The van der Waals surface area contributed by atoms with Crippen LogP contribution in [0.4, 0.5) is 10.2 Å². The second-order valence-electron chi connectivity index (χ2n) is 6.81. The number of thiazole rings is 1. The Hall–Kier alpha value is -2.02. The standard InChI is InChI=1S/C18H21FN4OS/c1-13-21-15(12-25-13)11-22-8-9-23(17(24)18(19)5-3-6-18)10-14-4-2-7-20-16(14)22/h2,4,7,12H,3,5-6,8-11H2,1H3. The normalized spacial score (nSPS) is 19.1. The van der Waals surface area contributed by atoms with Crippen LogP contribution in [0, 0.1) is 6.92 Å². The van der Waals surface area contributed by atoms with E-state index in [1.165, 1.54) is 0 Å². The summed E-state index contributed by atoms with van der Waals surface area (Å²) in [5, 5.41) is 3.09. The minimum atomic E-state index is -1.65. The highest BCUT2D eigenvalue weighted by atomic mass is 32.1. The summed E-state index contributed by atoms with van der Waals surface area (Å²) in [6.07, 6.45) is 3.26. The zero-order valence-electron chi connectivity index (χ0n) is 14.2. The van der Waals surface area contributed by atoms with Crippen molar-refractivity contribution < 1.29 is 9.18 Å². The highest BCUT2D eigenvalue weighted by molar-refractivity contribution is 7.09. The number of pyridine rings is 1. The lowest BCUT2D eigenvalue weighted by atomic mass is 9.81. The number of nitrogens with zero attached hydrogens (tertiary/aromatic N) is 4. The van der Waals surface area contributed by atoms with E-state index in [2.05, 4.69) is 20.2 Å². The molecule has 1 fully saturated rings. The Labute approximate surface area is 150 Å². The first kappa shape index (κ1) is 16.4. The van der Waals surface area contributed by atoms with E-state index < -0.39 is 5.67 Å². The van der Waals surface area contributed by atoms with Crippen LogP contribution in [0.15, 0.2) is 23.7 Å². The fraction of sp³-hybridized carbons (Fsp3) is 0.500. The molecule has 7 heteroatoms. The highest BCUT2D eigenvalue weighted by Gasteiger charge is 2.47. The first-order chi connectivity index (χ1) is 12.0. The molecule has 4 rings (SSSR count). The molecule has 1 amide bonds. The Morgan fingerprint density at radius 2 is 2.24 bits per heavy atom. The minimum absolute atomic E-state index is 0.351. The van der Waals surface area contributed by atoms with Gasteiger partial charge in [-0.15, -0.1) is 11.3 Å². The molecule has 5 nitrogen and oxygen atoms in total. The molecule has 1 saturated carbocycles. The number of fused-ring (bicyclic) bond motifs is 1. The zero-order chi connectivity index (χ0) is 17.4. The van der Waals surface area contributed by atoms with E-state index in [0.717, 1.165) is 28.5 Å². The van der Waals surface area contributed by atoms with Gasteiger partial charge in [0.2, 0.25) is 0 Å². The van der Waals surface area contributed by atoms with Gasteiger partial charge in [-0.1, -0.05) is 6.07 Å². The molecule has 2 aromatic rings. The van der Waals surface area contributed by atoms with Gasteiger partial charge in [0.1, 0.15) is 5.82 Å². The average molecular weight is 360 g/mol. The number of amides is 1. The van der Waals surface area contributed by atoms with Gasteiger partial charge in [0, 0.05) is 36.8 Å². The van der Waals surface area contributed by atoms with Crippen LogP contribution >= 0.6 is 11.3 Å². The predicted molar refractivity (Wildman–Crippen MR) is 95.2 cm³/mol. The molecule has 3 heterocycles. The third kappa shape index (κ3) is 3.13. The molecule has 2 aromatic heterocycles. The number of aromatic nitrogens is 2. The Bertz CT molecular complexity index is 789. The molecule has 0 radical (unpaired) electrons. The second kappa shape index (κ2) is 6.37. The van der Waals surface area contributed by atoms with Crippen LogP contribution in [0.5, 0.6) is 0 Å². The van der Waals surface area contributed by atoms with Crippen molar-refractivity contribution in [3.63, 3.8) is 0 Å². The number of hydrogen-bond donors (Lipinski definition) is 0.